The van der Waals surface area contributed by atoms with Gasteiger partial charge in [-0.2, -0.15) is 0 Å². The molecule has 0 saturated carbocycles. The molecule has 140 valence electrons. The Labute approximate surface area is 151 Å². The molecule has 0 unspecified atom stereocenters. The number of rotatable bonds is 9. The Hall–Kier alpha value is -2.32. The van der Waals surface area contributed by atoms with Gasteiger partial charge >= 0.3 is 0 Å². The van der Waals surface area contributed by atoms with E-state index in [0.717, 1.165) is 17.7 Å². The lowest BCUT2D eigenvalue weighted by molar-refractivity contribution is -0.121. The number of hydrogen-bond donors (Lipinski definition) is 2. The van der Waals surface area contributed by atoms with E-state index < -0.39 is 15.8 Å². The van der Waals surface area contributed by atoms with Crippen molar-refractivity contribution in [3.8, 4) is 0 Å². The van der Waals surface area contributed by atoms with E-state index in [0.29, 0.717) is 19.4 Å². The van der Waals surface area contributed by atoms with Gasteiger partial charge in [0, 0.05) is 19.5 Å². The third-order valence-corrected chi connectivity index (χ3v) is 5.12. The van der Waals surface area contributed by atoms with Crippen LogP contribution in [0.15, 0.2) is 53.4 Å². The Morgan fingerprint density at radius 2 is 1.46 bits per heavy atom. The molecule has 0 aliphatic rings. The standard InChI is InChI=1S/C18H20F2N2O3S/c19-15-5-3-14(4-6-15)11-13-21-18(23)2-1-12-22-26(24,25)17-9-7-16(20)8-10-17/h3-10,22H,1-2,11-13H2,(H,21,23). The van der Waals surface area contributed by atoms with Crippen LogP contribution in [0.5, 0.6) is 0 Å². The van der Waals surface area contributed by atoms with Gasteiger partial charge in [0.1, 0.15) is 11.6 Å². The predicted molar refractivity (Wildman–Crippen MR) is 93.9 cm³/mol. The zero-order chi connectivity index (χ0) is 19.0. The molecule has 0 aliphatic carbocycles. The molecule has 0 atom stereocenters. The Morgan fingerprint density at radius 3 is 2.08 bits per heavy atom. The van der Waals surface area contributed by atoms with Gasteiger partial charge in [-0.3, -0.25) is 4.79 Å². The number of carbonyl (C=O) groups excluding carboxylic acids is 1. The van der Waals surface area contributed by atoms with E-state index in [2.05, 4.69) is 10.0 Å². The van der Waals surface area contributed by atoms with Gasteiger partial charge in [-0.15, -0.1) is 0 Å². The molecule has 0 aliphatic heterocycles. The Bertz CT molecular complexity index is 823. The van der Waals surface area contributed by atoms with Gasteiger partial charge in [0.2, 0.25) is 15.9 Å². The van der Waals surface area contributed by atoms with E-state index in [1.165, 1.54) is 24.3 Å². The predicted octanol–water partition coefficient (Wildman–Crippen LogP) is 2.38. The number of carbonyl (C=O) groups is 1. The van der Waals surface area contributed by atoms with Crippen molar-refractivity contribution < 1.29 is 22.0 Å². The zero-order valence-corrected chi connectivity index (χ0v) is 14.9. The lowest BCUT2D eigenvalue weighted by Gasteiger charge is -2.08. The van der Waals surface area contributed by atoms with Crippen molar-refractivity contribution in [3.63, 3.8) is 0 Å². The maximum absolute atomic E-state index is 12.8. The molecule has 0 spiro atoms. The molecular weight excluding hydrogens is 362 g/mol. The molecule has 0 heterocycles. The molecule has 2 rings (SSSR count). The number of halogens is 2. The molecule has 2 aromatic carbocycles. The Balaban J connectivity index is 1.65. The lowest BCUT2D eigenvalue weighted by atomic mass is 10.1. The summed E-state index contributed by atoms with van der Waals surface area (Å²) in [5.41, 5.74) is 0.916. The van der Waals surface area contributed by atoms with Crippen LogP contribution in [0.3, 0.4) is 0 Å². The average molecular weight is 382 g/mol. The zero-order valence-electron chi connectivity index (χ0n) is 14.0. The molecule has 0 aromatic heterocycles. The van der Waals surface area contributed by atoms with Crippen molar-refractivity contribution >= 4 is 15.9 Å². The SMILES string of the molecule is O=C(CCCNS(=O)(=O)c1ccc(F)cc1)NCCc1ccc(F)cc1. The van der Waals surface area contributed by atoms with Crippen LogP contribution >= 0.6 is 0 Å². The van der Waals surface area contributed by atoms with E-state index in [-0.39, 0.29) is 29.6 Å². The fourth-order valence-corrected chi connectivity index (χ4v) is 3.31. The molecule has 2 aromatic rings. The second-order valence-electron chi connectivity index (χ2n) is 5.68. The van der Waals surface area contributed by atoms with Gasteiger partial charge in [-0.1, -0.05) is 12.1 Å². The van der Waals surface area contributed by atoms with Crippen LogP contribution in [0.25, 0.3) is 0 Å². The van der Waals surface area contributed by atoms with Crippen LogP contribution in [0.1, 0.15) is 18.4 Å². The minimum atomic E-state index is -3.71. The van der Waals surface area contributed by atoms with Gasteiger partial charge in [-0.05, 0) is 54.8 Å². The minimum absolute atomic E-state index is 0.0253. The number of nitrogens with one attached hydrogen (secondary N) is 2. The van der Waals surface area contributed by atoms with Gasteiger partial charge < -0.3 is 5.32 Å². The van der Waals surface area contributed by atoms with Crippen LogP contribution in [0.2, 0.25) is 0 Å². The quantitative estimate of drug-likeness (QED) is 0.654. The Morgan fingerprint density at radius 1 is 0.885 bits per heavy atom. The van der Waals surface area contributed by atoms with Crippen molar-refractivity contribution in [1.82, 2.24) is 10.0 Å². The van der Waals surface area contributed by atoms with Gasteiger partial charge in [-0.25, -0.2) is 21.9 Å². The minimum Gasteiger partial charge on any atom is -0.356 e. The number of benzene rings is 2. The first-order chi connectivity index (χ1) is 12.4. The highest BCUT2D eigenvalue weighted by atomic mass is 32.2. The van der Waals surface area contributed by atoms with Crippen molar-refractivity contribution in [3.05, 3.63) is 65.7 Å². The summed E-state index contributed by atoms with van der Waals surface area (Å²) in [4.78, 5) is 11.7. The third-order valence-electron chi connectivity index (χ3n) is 3.65. The van der Waals surface area contributed by atoms with Crippen LogP contribution in [0.4, 0.5) is 8.78 Å². The molecule has 0 fully saturated rings. The summed E-state index contributed by atoms with van der Waals surface area (Å²) in [7, 11) is -3.71. The van der Waals surface area contributed by atoms with Crippen LogP contribution < -0.4 is 10.0 Å². The Kier molecular flexibility index (Phi) is 7.23. The van der Waals surface area contributed by atoms with Gasteiger partial charge in [0.15, 0.2) is 0 Å². The molecule has 8 heteroatoms. The van der Waals surface area contributed by atoms with Crippen molar-refractivity contribution in [2.24, 2.45) is 0 Å². The van der Waals surface area contributed by atoms with Crippen molar-refractivity contribution in [1.29, 1.82) is 0 Å². The highest BCUT2D eigenvalue weighted by Gasteiger charge is 2.13. The summed E-state index contributed by atoms with van der Waals surface area (Å²) in [5, 5.41) is 2.73. The first kappa shape index (κ1) is 20.0. The average Bonchev–Trinajstić information content (AvgIpc) is 2.61. The molecule has 0 radical (unpaired) electrons. The monoisotopic (exact) mass is 382 g/mol. The number of amides is 1. The maximum atomic E-state index is 12.8. The number of sulfonamides is 1. The fourth-order valence-electron chi connectivity index (χ4n) is 2.24. The summed E-state index contributed by atoms with van der Waals surface area (Å²) in [6, 6.07) is 10.6. The van der Waals surface area contributed by atoms with Gasteiger partial charge in [0.05, 0.1) is 4.90 Å². The van der Waals surface area contributed by atoms with E-state index >= 15 is 0 Å². The van der Waals surface area contributed by atoms with Crippen LogP contribution in [0, 0.1) is 11.6 Å². The first-order valence-electron chi connectivity index (χ1n) is 8.13. The molecular formula is C18H20F2N2O3S. The lowest BCUT2D eigenvalue weighted by Crippen LogP contribution is -2.28. The topological polar surface area (TPSA) is 75.3 Å². The maximum Gasteiger partial charge on any atom is 0.240 e. The van der Waals surface area contributed by atoms with Crippen molar-refractivity contribution in [2.75, 3.05) is 13.1 Å². The summed E-state index contributed by atoms with van der Waals surface area (Å²) >= 11 is 0. The van der Waals surface area contributed by atoms with Crippen LogP contribution in [-0.2, 0) is 21.2 Å². The number of hydrogen-bond acceptors (Lipinski definition) is 3. The highest BCUT2D eigenvalue weighted by molar-refractivity contribution is 7.89. The van der Waals surface area contributed by atoms with E-state index in [4.69, 9.17) is 0 Å². The van der Waals surface area contributed by atoms with Crippen molar-refractivity contribution in [2.45, 2.75) is 24.2 Å². The van der Waals surface area contributed by atoms with Gasteiger partial charge in [0.25, 0.3) is 0 Å². The molecule has 5 nitrogen and oxygen atoms in total. The van der Waals surface area contributed by atoms with E-state index in [9.17, 15) is 22.0 Å². The smallest absolute Gasteiger partial charge is 0.240 e. The molecule has 26 heavy (non-hydrogen) atoms. The second kappa shape index (κ2) is 9.40. The van der Waals surface area contributed by atoms with E-state index in [1.54, 1.807) is 12.1 Å². The third kappa shape index (κ3) is 6.53. The van der Waals surface area contributed by atoms with Crippen LogP contribution in [-0.4, -0.2) is 27.4 Å². The molecule has 1 amide bonds. The highest BCUT2D eigenvalue weighted by Crippen LogP contribution is 2.09. The summed E-state index contributed by atoms with van der Waals surface area (Å²) < 4.78 is 51.9. The molecule has 0 saturated heterocycles. The summed E-state index contributed by atoms with van der Waals surface area (Å²) in [5.74, 6) is -1.00. The fraction of sp³-hybridized carbons (Fsp3) is 0.278. The molecule has 0 bridgehead atoms. The van der Waals surface area contributed by atoms with E-state index in [1.807, 2.05) is 0 Å². The second-order valence-corrected chi connectivity index (χ2v) is 7.45. The normalized spacial score (nSPS) is 11.3. The molecule has 2 N–H and O–H groups in total. The largest absolute Gasteiger partial charge is 0.356 e. The first-order valence-corrected chi connectivity index (χ1v) is 9.61. The summed E-state index contributed by atoms with van der Waals surface area (Å²) in [6.45, 7) is 0.525. The summed E-state index contributed by atoms with van der Waals surface area (Å²) in [6.07, 6.45) is 1.10.